The van der Waals surface area contributed by atoms with Gasteiger partial charge in [-0.2, -0.15) is 9.57 Å². The van der Waals surface area contributed by atoms with E-state index < -0.39 is 10.0 Å². The van der Waals surface area contributed by atoms with E-state index in [1.807, 2.05) is 6.07 Å². The van der Waals surface area contributed by atoms with Crippen LogP contribution in [-0.2, 0) is 10.0 Å². The number of nitrogens with zero attached hydrogens (tertiary/aromatic N) is 2. The largest absolute Gasteiger partial charge is 0.252 e. The fraction of sp³-hybridized carbons (Fsp3) is 0.545. The van der Waals surface area contributed by atoms with Crippen molar-refractivity contribution in [3.05, 3.63) is 16.0 Å². The SMILES string of the molecule is Cc1cc(S(=O)(=O)N(CCC#N)C(C)C)sc1Cl. The molecule has 0 aliphatic heterocycles. The first-order valence-corrected chi connectivity index (χ1v) is 8.09. The maximum Gasteiger partial charge on any atom is 0.252 e. The molecule has 1 aromatic rings. The Morgan fingerprint density at radius 3 is 2.56 bits per heavy atom. The van der Waals surface area contributed by atoms with Gasteiger partial charge in [-0.05, 0) is 32.4 Å². The molecule has 1 aromatic heterocycles. The molecule has 0 bridgehead atoms. The molecule has 4 nitrogen and oxygen atoms in total. The van der Waals surface area contributed by atoms with Crippen molar-refractivity contribution in [2.75, 3.05) is 6.54 Å². The quantitative estimate of drug-likeness (QED) is 0.840. The average Bonchev–Trinajstić information content (AvgIpc) is 2.59. The summed E-state index contributed by atoms with van der Waals surface area (Å²) in [5.41, 5.74) is 0.754. The lowest BCUT2D eigenvalue weighted by molar-refractivity contribution is 0.361. The molecule has 0 spiro atoms. The summed E-state index contributed by atoms with van der Waals surface area (Å²) in [6.45, 7) is 5.55. The summed E-state index contributed by atoms with van der Waals surface area (Å²) >= 11 is 6.96. The van der Waals surface area contributed by atoms with Crippen molar-refractivity contribution >= 4 is 33.0 Å². The van der Waals surface area contributed by atoms with Crippen LogP contribution in [0.3, 0.4) is 0 Å². The molecule has 0 fully saturated rings. The van der Waals surface area contributed by atoms with Gasteiger partial charge in [0.05, 0.1) is 10.4 Å². The first kappa shape index (κ1) is 15.4. The van der Waals surface area contributed by atoms with Crippen molar-refractivity contribution in [3.8, 4) is 6.07 Å². The van der Waals surface area contributed by atoms with Crippen molar-refractivity contribution in [1.29, 1.82) is 5.26 Å². The van der Waals surface area contributed by atoms with Gasteiger partial charge >= 0.3 is 0 Å². The third-order valence-electron chi connectivity index (χ3n) is 2.42. The lowest BCUT2D eigenvalue weighted by Crippen LogP contribution is -2.37. The Bertz CT molecular complexity index is 539. The molecule has 0 radical (unpaired) electrons. The number of aryl methyl sites for hydroxylation is 1. The van der Waals surface area contributed by atoms with E-state index in [1.54, 1.807) is 26.8 Å². The second-order valence-corrected chi connectivity index (χ2v) is 7.91. The minimum absolute atomic E-state index is 0.176. The normalized spacial score (nSPS) is 12.1. The monoisotopic (exact) mass is 306 g/mol. The zero-order chi connectivity index (χ0) is 13.9. The highest BCUT2D eigenvalue weighted by atomic mass is 35.5. The Balaban J connectivity index is 3.13. The van der Waals surface area contributed by atoms with E-state index >= 15 is 0 Å². The lowest BCUT2D eigenvalue weighted by Gasteiger charge is -2.24. The van der Waals surface area contributed by atoms with E-state index in [-0.39, 0.29) is 23.2 Å². The van der Waals surface area contributed by atoms with Gasteiger partial charge in [0, 0.05) is 19.0 Å². The topological polar surface area (TPSA) is 61.2 Å². The highest BCUT2D eigenvalue weighted by Crippen LogP contribution is 2.32. The van der Waals surface area contributed by atoms with E-state index in [9.17, 15) is 8.42 Å². The van der Waals surface area contributed by atoms with Crippen LogP contribution in [0.5, 0.6) is 0 Å². The molecule has 1 rings (SSSR count). The summed E-state index contributed by atoms with van der Waals surface area (Å²) in [6, 6.07) is 3.35. The molecule has 18 heavy (non-hydrogen) atoms. The van der Waals surface area contributed by atoms with Crippen LogP contribution in [-0.4, -0.2) is 25.3 Å². The molecule has 1 heterocycles. The van der Waals surface area contributed by atoms with Gasteiger partial charge in [-0.1, -0.05) is 11.6 Å². The summed E-state index contributed by atoms with van der Waals surface area (Å²) in [7, 11) is -3.56. The molecule has 0 amide bonds. The minimum Gasteiger partial charge on any atom is -0.206 e. The van der Waals surface area contributed by atoms with Gasteiger partial charge in [0.1, 0.15) is 4.21 Å². The Hall–Kier alpha value is -0.610. The van der Waals surface area contributed by atoms with Gasteiger partial charge in [-0.25, -0.2) is 8.42 Å². The fourth-order valence-electron chi connectivity index (χ4n) is 1.49. The molecule has 0 N–H and O–H groups in total. The van der Waals surface area contributed by atoms with E-state index in [4.69, 9.17) is 16.9 Å². The molecule has 0 saturated carbocycles. The summed E-state index contributed by atoms with van der Waals surface area (Å²) in [6.07, 6.45) is 0.176. The van der Waals surface area contributed by atoms with Gasteiger partial charge in [0.2, 0.25) is 0 Å². The van der Waals surface area contributed by atoms with Crippen molar-refractivity contribution in [2.24, 2.45) is 0 Å². The van der Waals surface area contributed by atoms with Crippen LogP contribution in [0.25, 0.3) is 0 Å². The van der Waals surface area contributed by atoms with Crippen LogP contribution in [0.2, 0.25) is 4.34 Å². The predicted molar refractivity (Wildman–Crippen MR) is 73.3 cm³/mol. The average molecular weight is 307 g/mol. The number of halogens is 1. The van der Waals surface area contributed by atoms with Crippen LogP contribution in [0.15, 0.2) is 10.3 Å². The van der Waals surface area contributed by atoms with Crippen molar-refractivity contribution in [1.82, 2.24) is 4.31 Å². The van der Waals surface area contributed by atoms with Crippen LogP contribution < -0.4 is 0 Å². The number of nitriles is 1. The van der Waals surface area contributed by atoms with Crippen LogP contribution in [0, 0.1) is 18.3 Å². The van der Waals surface area contributed by atoms with Crippen molar-refractivity contribution in [3.63, 3.8) is 0 Å². The summed E-state index contributed by atoms with van der Waals surface area (Å²) in [4.78, 5) is 0. The van der Waals surface area contributed by atoms with Crippen LogP contribution >= 0.6 is 22.9 Å². The maximum absolute atomic E-state index is 12.4. The number of rotatable bonds is 5. The lowest BCUT2D eigenvalue weighted by atomic mass is 10.3. The number of sulfonamides is 1. The first-order valence-electron chi connectivity index (χ1n) is 5.45. The third-order valence-corrected chi connectivity index (χ3v) is 6.50. The molecule has 0 aromatic carbocycles. The Morgan fingerprint density at radius 2 is 2.17 bits per heavy atom. The van der Waals surface area contributed by atoms with Crippen LogP contribution in [0.1, 0.15) is 25.8 Å². The van der Waals surface area contributed by atoms with Gasteiger partial charge < -0.3 is 0 Å². The smallest absolute Gasteiger partial charge is 0.206 e. The van der Waals surface area contributed by atoms with Gasteiger partial charge in [-0.3, -0.25) is 0 Å². The van der Waals surface area contributed by atoms with Gasteiger partial charge in [-0.15, -0.1) is 11.3 Å². The molecule has 100 valence electrons. The number of hydrogen-bond acceptors (Lipinski definition) is 4. The molecular weight excluding hydrogens is 292 g/mol. The van der Waals surface area contributed by atoms with E-state index in [2.05, 4.69) is 0 Å². The molecular formula is C11H15ClN2O2S2. The van der Waals surface area contributed by atoms with Crippen molar-refractivity contribution in [2.45, 2.75) is 37.4 Å². The second kappa shape index (κ2) is 6.02. The van der Waals surface area contributed by atoms with Gasteiger partial charge in [0.15, 0.2) is 0 Å². The third kappa shape index (κ3) is 3.23. The first-order chi connectivity index (χ1) is 8.30. The van der Waals surface area contributed by atoms with Crippen molar-refractivity contribution < 1.29 is 8.42 Å². The van der Waals surface area contributed by atoms with E-state index in [1.165, 1.54) is 4.31 Å². The summed E-state index contributed by atoms with van der Waals surface area (Å²) in [5.74, 6) is 0. The number of hydrogen-bond donors (Lipinski definition) is 0. The molecule has 0 saturated heterocycles. The Kier molecular flexibility index (Phi) is 5.17. The van der Waals surface area contributed by atoms with Crippen LogP contribution in [0.4, 0.5) is 0 Å². The Morgan fingerprint density at radius 1 is 1.56 bits per heavy atom. The molecule has 7 heteroatoms. The summed E-state index contributed by atoms with van der Waals surface area (Å²) < 4.78 is 26.9. The Labute approximate surface area is 117 Å². The highest BCUT2D eigenvalue weighted by molar-refractivity contribution is 7.91. The second-order valence-electron chi connectivity index (χ2n) is 4.14. The zero-order valence-electron chi connectivity index (χ0n) is 10.5. The summed E-state index contributed by atoms with van der Waals surface area (Å²) in [5, 5.41) is 8.59. The molecule has 0 unspecified atom stereocenters. The van der Waals surface area contributed by atoms with E-state index in [0.717, 1.165) is 16.9 Å². The molecule has 0 aliphatic carbocycles. The van der Waals surface area contributed by atoms with Gasteiger partial charge in [0.25, 0.3) is 10.0 Å². The predicted octanol–water partition coefficient (Wildman–Crippen LogP) is 3.02. The maximum atomic E-state index is 12.4. The van der Waals surface area contributed by atoms with E-state index in [0.29, 0.717) is 4.34 Å². The zero-order valence-corrected chi connectivity index (χ0v) is 12.9. The standard InChI is InChI=1S/C11H15ClN2O2S2/c1-8(2)14(6-4-5-13)18(15,16)10-7-9(3)11(12)17-10/h7-8H,4,6H2,1-3H3. The fourth-order valence-corrected chi connectivity index (χ4v) is 4.97. The minimum atomic E-state index is -3.56. The number of thiophene rings is 1. The molecule has 0 atom stereocenters. The molecule has 0 aliphatic rings. The highest BCUT2D eigenvalue weighted by Gasteiger charge is 2.28.